The van der Waals surface area contributed by atoms with Gasteiger partial charge in [-0.15, -0.1) is 24.8 Å². The molecule has 0 aromatic heterocycles. The topological polar surface area (TPSA) is 44.4 Å². The maximum atomic E-state index is 12.6. The van der Waals surface area contributed by atoms with Gasteiger partial charge < -0.3 is 10.6 Å². The van der Waals surface area contributed by atoms with Crippen molar-refractivity contribution in [3.63, 3.8) is 0 Å². The summed E-state index contributed by atoms with van der Waals surface area (Å²) in [6.07, 6.45) is 2.20. The predicted molar refractivity (Wildman–Crippen MR) is 96.0 cm³/mol. The van der Waals surface area contributed by atoms with Gasteiger partial charge >= 0.3 is 0 Å². The molecule has 1 saturated heterocycles. The van der Waals surface area contributed by atoms with Gasteiger partial charge in [-0.05, 0) is 38.5 Å². The molecular formula is C16H27Cl2N3O. The first-order valence-corrected chi connectivity index (χ1v) is 7.48. The van der Waals surface area contributed by atoms with Gasteiger partial charge in [0.05, 0.1) is 0 Å². The van der Waals surface area contributed by atoms with Crippen LogP contribution in [-0.2, 0) is 4.79 Å². The van der Waals surface area contributed by atoms with Crippen molar-refractivity contribution in [1.82, 2.24) is 15.5 Å². The molecule has 1 aromatic rings. The fourth-order valence-corrected chi connectivity index (χ4v) is 2.68. The molecule has 6 heteroatoms. The molecule has 0 aliphatic carbocycles. The highest BCUT2D eigenvalue weighted by molar-refractivity contribution is 5.85. The summed E-state index contributed by atoms with van der Waals surface area (Å²) < 4.78 is 0. The van der Waals surface area contributed by atoms with E-state index >= 15 is 0 Å². The largest absolute Gasteiger partial charge is 0.350 e. The van der Waals surface area contributed by atoms with Crippen molar-refractivity contribution in [3.8, 4) is 0 Å². The van der Waals surface area contributed by atoms with Crippen LogP contribution in [-0.4, -0.2) is 43.5 Å². The Morgan fingerprint density at radius 1 is 1.36 bits per heavy atom. The highest BCUT2D eigenvalue weighted by atomic mass is 35.5. The third-order valence-electron chi connectivity index (χ3n) is 3.95. The summed E-state index contributed by atoms with van der Waals surface area (Å²) in [5, 5.41) is 6.52. The molecule has 0 spiro atoms. The van der Waals surface area contributed by atoms with Crippen molar-refractivity contribution < 1.29 is 4.79 Å². The van der Waals surface area contributed by atoms with Gasteiger partial charge in [0.25, 0.3) is 0 Å². The van der Waals surface area contributed by atoms with Crippen LogP contribution in [0.3, 0.4) is 0 Å². The monoisotopic (exact) mass is 347 g/mol. The zero-order chi connectivity index (χ0) is 14.4. The fraction of sp³-hybridized carbons (Fsp3) is 0.562. The van der Waals surface area contributed by atoms with Crippen LogP contribution < -0.4 is 10.6 Å². The summed E-state index contributed by atoms with van der Waals surface area (Å²) in [6, 6.07) is 10.1. The zero-order valence-corrected chi connectivity index (χ0v) is 14.9. The Hall–Kier alpha value is -0.810. The highest BCUT2D eigenvalue weighted by Crippen LogP contribution is 2.19. The normalized spacial score (nSPS) is 18.8. The third-order valence-corrected chi connectivity index (χ3v) is 3.95. The number of halogens is 2. The Bertz CT molecular complexity index is 425. The molecule has 1 aliphatic heterocycles. The van der Waals surface area contributed by atoms with Crippen molar-refractivity contribution in [2.24, 2.45) is 0 Å². The van der Waals surface area contributed by atoms with E-state index in [1.165, 1.54) is 0 Å². The number of piperidine rings is 1. The number of amides is 1. The lowest BCUT2D eigenvalue weighted by Gasteiger charge is -2.30. The fourth-order valence-electron chi connectivity index (χ4n) is 2.68. The number of rotatable bonds is 5. The highest BCUT2D eigenvalue weighted by Gasteiger charge is 2.26. The molecule has 0 saturated carbocycles. The van der Waals surface area contributed by atoms with Gasteiger partial charge in [-0.25, -0.2) is 0 Å². The molecule has 1 unspecified atom stereocenters. The SMILES string of the molecule is CCN(C)C(C(=O)N[C@H]1CCCNC1)c1ccccc1.Cl.Cl. The number of hydrogen-bond donors (Lipinski definition) is 2. The zero-order valence-electron chi connectivity index (χ0n) is 13.2. The molecule has 4 nitrogen and oxygen atoms in total. The summed E-state index contributed by atoms with van der Waals surface area (Å²) in [6.45, 7) is 4.85. The lowest BCUT2D eigenvalue weighted by molar-refractivity contribution is -0.127. The minimum Gasteiger partial charge on any atom is -0.350 e. The summed E-state index contributed by atoms with van der Waals surface area (Å²) in [7, 11) is 2.00. The number of nitrogens with zero attached hydrogens (tertiary/aromatic N) is 1. The molecule has 1 fully saturated rings. The smallest absolute Gasteiger partial charge is 0.242 e. The molecule has 2 N–H and O–H groups in total. The second-order valence-corrected chi connectivity index (χ2v) is 5.44. The second-order valence-electron chi connectivity index (χ2n) is 5.44. The number of carbonyl (C=O) groups excluding carboxylic acids is 1. The van der Waals surface area contributed by atoms with Crippen molar-refractivity contribution >= 4 is 30.7 Å². The molecule has 1 amide bonds. The molecule has 2 atom stereocenters. The number of carbonyl (C=O) groups is 1. The van der Waals surface area contributed by atoms with Crippen molar-refractivity contribution in [2.75, 3.05) is 26.7 Å². The van der Waals surface area contributed by atoms with E-state index in [1.54, 1.807) is 0 Å². The first-order chi connectivity index (χ1) is 9.72. The van der Waals surface area contributed by atoms with Crippen molar-refractivity contribution in [2.45, 2.75) is 31.8 Å². The molecule has 1 aromatic carbocycles. The van der Waals surface area contributed by atoms with E-state index in [2.05, 4.69) is 22.5 Å². The Morgan fingerprint density at radius 2 is 2.05 bits per heavy atom. The van der Waals surface area contributed by atoms with Crippen LogP contribution in [0.2, 0.25) is 0 Å². The molecular weight excluding hydrogens is 321 g/mol. The van der Waals surface area contributed by atoms with E-state index in [0.717, 1.165) is 38.0 Å². The quantitative estimate of drug-likeness (QED) is 0.859. The number of hydrogen-bond acceptors (Lipinski definition) is 3. The molecule has 0 radical (unpaired) electrons. The van der Waals surface area contributed by atoms with E-state index < -0.39 is 0 Å². The third kappa shape index (κ3) is 5.76. The predicted octanol–water partition coefficient (Wildman–Crippen LogP) is 2.39. The Kier molecular flexibility index (Phi) is 10.4. The molecule has 0 bridgehead atoms. The van der Waals surface area contributed by atoms with Gasteiger partial charge in [0.15, 0.2) is 0 Å². The van der Waals surface area contributed by atoms with Crippen molar-refractivity contribution in [1.29, 1.82) is 0 Å². The molecule has 1 heterocycles. The van der Waals surface area contributed by atoms with Crippen LogP contribution in [0.15, 0.2) is 30.3 Å². The van der Waals surface area contributed by atoms with Gasteiger partial charge in [-0.1, -0.05) is 37.3 Å². The Morgan fingerprint density at radius 3 is 2.59 bits per heavy atom. The van der Waals surface area contributed by atoms with E-state index in [0.29, 0.717) is 0 Å². The van der Waals surface area contributed by atoms with Gasteiger partial charge in [0.2, 0.25) is 5.91 Å². The van der Waals surface area contributed by atoms with Crippen LogP contribution in [0.25, 0.3) is 0 Å². The molecule has 22 heavy (non-hydrogen) atoms. The summed E-state index contributed by atoms with van der Waals surface area (Å²) in [5.74, 6) is 0.106. The van der Waals surface area contributed by atoms with E-state index in [-0.39, 0.29) is 42.8 Å². The lowest BCUT2D eigenvalue weighted by Crippen LogP contribution is -2.49. The summed E-state index contributed by atoms with van der Waals surface area (Å²) >= 11 is 0. The van der Waals surface area contributed by atoms with Crippen molar-refractivity contribution in [3.05, 3.63) is 35.9 Å². The van der Waals surface area contributed by atoms with Gasteiger partial charge in [0, 0.05) is 12.6 Å². The number of nitrogens with one attached hydrogen (secondary N) is 2. The first-order valence-electron chi connectivity index (χ1n) is 7.48. The van der Waals surface area contributed by atoms with Crippen LogP contribution in [0, 0.1) is 0 Å². The number of benzene rings is 1. The van der Waals surface area contributed by atoms with Gasteiger partial charge in [-0.2, -0.15) is 0 Å². The van der Waals surface area contributed by atoms with Crippen LogP contribution >= 0.6 is 24.8 Å². The average Bonchev–Trinajstić information content (AvgIpc) is 2.49. The first kappa shape index (κ1) is 21.2. The van der Waals surface area contributed by atoms with Gasteiger partial charge in [-0.3, -0.25) is 9.69 Å². The lowest BCUT2D eigenvalue weighted by atomic mass is 10.0. The second kappa shape index (κ2) is 10.8. The standard InChI is InChI=1S/C16H25N3O.2ClH/c1-3-19(2)15(13-8-5-4-6-9-13)16(20)18-14-10-7-11-17-12-14;;/h4-6,8-9,14-15,17H,3,7,10-12H2,1-2H3,(H,18,20);2*1H/t14-,15?;;/m0../s1. The van der Waals surface area contributed by atoms with Gasteiger partial charge in [0.1, 0.15) is 6.04 Å². The average molecular weight is 348 g/mol. The Labute approximate surface area is 145 Å². The number of likely N-dealkylation sites (N-methyl/N-ethyl adjacent to an activating group) is 1. The van der Waals surface area contributed by atoms with E-state index in [9.17, 15) is 4.79 Å². The van der Waals surface area contributed by atoms with E-state index in [1.807, 2.05) is 37.4 Å². The minimum absolute atomic E-state index is 0. The summed E-state index contributed by atoms with van der Waals surface area (Å²) in [5.41, 5.74) is 1.05. The maximum absolute atomic E-state index is 12.6. The molecule has 1 aliphatic rings. The van der Waals surface area contributed by atoms with Crippen LogP contribution in [0.4, 0.5) is 0 Å². The molecule has 2 rings (SSSR count). The molecule has 126 valence electrons. The van der Waals surface area contributed by atoms with Crippen LogP contribution in [0.5, 0.6) is 0 Å². The van der Waals surface area contributed by atoms with Crippen LogP contribution in [0.1, 0.15) is 31.4 Å². The summed E-state index contributed by atoms with van der Waals surface area (Å²) in [4.78, 5) is 14.7. The maximum Gasteiger partial charge on any atom is 0.242 e. The minimum atomic E-state index is -0.205. The van der Waals surface area contributed by atoms with E-state index in [4.69, 9.17) is 0 Å². The Balaban J connectivity index is 0.00000220.